The van der Waals surface area contributed by atoms with Crippen molar-refractivity contribution in [1.82, 2.24) is 5.32 Å². The van der Waals surface area contributed by atoms with Gasteiger partial charge in [0.05, 0.1) is 11.5 Å². The Morgan fingerprint density at radius 3 is 2.74 bits per heavy atom. The molecule has 0 saturated carbocycles. The van der Waals surface area contributed by atoms with E-state index >= 15 is 0 Å². The summed E-state index contributed by atoms with van der Waals surface area (Å²) >= 11 is 5.43. The van der Waals surface area contributed by atoms with Gasteiger partial charge in [-0.15, -0.1) is 0 Å². The van der Waals surface area contributed by atoms with E-state index in [0.717, 1.165) is 8.04 Å². The fourth-order valence-electron chi connectivity index (χ4n) is 1.91. The van der Waals surface area contributed by atoms with Crippen molar-refractivity contribution in [3.05, 3.63) is 44.0 Å². The quantitative estimate of drug-likeness (QED) is 0.566. The summed E-state index contributed by atoms with van der Waals surface area (Å²) in [5, 5.41) is 11.7. The van der Waals surface area contributed by atoms with Crippen LogP contribution in [0.5, 0.6) is 0 Å². The second-order valence-electron chi connectivity index (χ2n) is 4.27. The van der Waals surface area contributed by atoms with Crippen LogP contribution in [0.1, 0.15) is 16.8 Å². The molecule has 0 spiro atoms. The maximum atomic E-state index is 12.1. The first-order valence-corrected chi connectivity index (χ1v) is 7.51. The number of halogens is 2. The van der Waals surface area contributed by atoms with E-state index in [9.17, 15) is 9.59 Å². The maximum Gasteiger partial charge on any atom is 0.310 e. The summed E-state index contributed by atoms with van der Waals surface area (Å²) in [7, 11) is 0. The molecule has 0 heterocycles. The molecule has 0 fully saturated rings. The van der Waals surface area contributed by atoms with Crippen molar-refractivity contribution in [2.75, 3.05) is 0 Å². The monoisotopic (exact) mass is 435 g/mol. The zero-order valence-electron chi connectivity index (χ0n) is 9.77. The highest BCUT2D eigenvalue weighted by molar-refractivity contribution is 14.1. The molecule has 1 aromatic carbocycles. The molecular weight excluding hydrogens is 425 g/mol. The summed E-state index contributed by atoms with van der Waals surface area (Å²) in [4.78, 5) is 23.0. The molecule has 2 N–H and O–H groups in total. The number of benzene rings is 1. The third-order valence-corrected chi connectivity index (χ3v) is 4.32. The Bertz CT molecular complexity index is 559. The standard InChI is InChI=1S/C13H11BrINO3/c14-8-2-4-11(15)10(6-8)12(17)16-9-3-1-7(5-9)13(18)19/h1-4,6-7,9H,5H2,(H,16,17)(H,18,19). The van der Waals surface area contributed by atoms with E-state index in [1.807, 2.05) is 12.1 Å². The van der Waals surface area contributed by atoms with E-state index in [1.165, 1.54) is 0 Å². The number of hydrogen-bond acceptors (Lipinski definition) is 2. The number of aliphatic carboxylic acids is 1. The Labute approximate surface area is 132 Å². The number of hydrogen-bond donors (Lipinski definition) is 2. The molecule has 1 aliphatic rings. The van der Waals surface area contributed by atoms with Crippen molar-refractivity contribution in [3.63, 3.8) is 0 Å². The Morgan fingerprint density at radius 2 is 2.11 bits per heavy atom. The molecule has 0 aromatic heterocycles. The van der Waals surface area contributed by atoms with Crippen molar-refractivity contribution < 1.29 is 14.7 Å². The lowest BCUT2D eigenvalue weighted by molar-refractivity contribution is -0.140. The number of nitrogens with one attached hydrogen (secondary N) is 1. The van der Waals surface area contributed by atoms with Gasteiger partial charge in [0, 0.05) is 14.1 Å². The third-order valence-electron chi connectivity index (χ3n) is 2.89. The van der Waals surface area contributed by atoms with Crippen LogP contribution < -0.4 is 5.32 Å². The van der Waals surface area contributed by atoms with E-state index < -0.39 is 11.9 Å². The summed E-state index contributed by atoms with van der Waals surface area (Å²) in [6.45, 7) is 0. The van der Waals surface area contributed by atoms with E-state index in [1.54, 1.807) is 18.2 Å². The van der Waals surface area contributed by atoms with Crippen LogP contribution in [0.3, 0.4) is 0 Å². The van der Waals surface area contributed by atoms with Crippen LogP contribution in [0.15, 0.2) is 34.8 Å². The molecule has 0 radical (unpaired) electrons. The van der Waals surface area contributed by atoms with Gasteiger partial charge in [0.15, 0.2) is 0 Å². The molecule has 0 aliphatic heterocycles. The van der Waals surface area contributed by atoms with Gasteiger partial charge in [-0.25, -0.2) is 0 Å². The number of rotatable bonds is 3. The van der Waals surface area contributed by atoms with Crippen molar-refractivity contribution in [2.45, 2.75) is 12.5 Å². The fourth-order valence-corrected chi connectivity index (χ4v) is 2.85. The first-order valence-electron chi connectivity index (χ1n) is 5.64. The van der Waals surface area contributed by atoms with E-state index in [4.69, 9.17) is 5.11 Å². The molecule has 100 valence electrons. The van der Waals surface area contributed by atoms with Gasteiger partial charge in [-0.05, 0) is 47.2 Å². The SMILES string of the molecule is O=C(NC1C=CC(C(=O)O)C1)c1cc(Br)ccc1I. The summed E-state index contributed by atoms with van der Waals surface area (Å²) in [5.41, 5.74) is 0.585. The lowest BCUT2D eigenvalue weighted by atomic mass is 10.1. The molecule has 0 bridgehead atoms. The first-order chi connectivity index (χ1) is 8.97. The van der Waals surface area contributed by atoms with Crippen LogP contribution in [0.25, 0.3) is 0 Å². The molecule has 19 heavy (non-hydrogen) atoms. The van der Waals surface area contributed by atoms with Crippen LogP contribution in [-0.2, 0) is 4.79 Å². The maximum absolute atomic E-state index is 12.1. The highest BCUT2D eigenvalue weighted by Crippen LogP contribution is 2.21. The Kier molecular flexibility index (Phi) is 4.62. The average molecular weight is 436 g/mol. The molecule has 1 amide bonds. The van der Waals surface area contributed by atoms with E-state index in [2.05, 4.69) is 43.8 Å². The van der Waals surface area contributed by atoms with Crippen molar-refractivity contribution in [3.8, 4) is 0 Å². The second kappa shape index (κ2) is 6.04. The smallest absolute Gasteiger partial charge is 0.310 e. The summed E-state index contributed by atoms with van der Waals surface area (Å²) < 4.78 is 1.69. The minimum atomic E-state index is -0.856. The molecular formula is C13H11BrINO3. The molecule has 4 nitrogen and oxygen atoms in total. The zero-order valence-corrected chi connectivity index (χ0v) is 13.5. The zero-order chi connectivity index (χ0) is 14.0. The number of amides is 1. The molecule has 1 aliphatic carbocycles. The minimum Gasteiger partial charge on any atom is -0.481 e. The van der Waals surface area contributed by atoms with Crippen molar-refractivity contribution in [1.29, 1.82) is 0 Å². The first kappa shape index (κ1) is 14.5. The predicted molar refractivity (Wildman–Crippen MR) is 83.0 cm³/mol. The van der Waals surface area contributed by atoms with Gasteiger partial charge in [-0.3, -0.25) is 9.59 Å². The molecule has 6 heteroatoms. The van der Waals surface area contributed by atoms with E-state index in [-0.39, 0.29) is 11.9 Å². The van der Waals surface area contributed by atoms with Crippen LogP contribution in [0.2, 0.25) is 0 Å². The van der Waals surface area contributed by atoms with Crippen molar-refractivity contribution in [2.24, 2.45) is 5.92 Å². The lowest BCUT2D eigenvalue weighted by Crippen LogP contribution is -2.33. The average Bonchev–Trinajstić information content (AvgIpc) is 2.80. The topological polar surface area (TPSA) is 66.4 Å². The number of carbonyl (C=O) groups excluding carboxylic acids is 1. The van der Waals surface area contributed by atoms with Gasteiger partial charge in [0.2, 0.25) is 0 Å². The summed E-state index contributed by atoms with van der Waals surface area (Å²) in [6.07, 6.45) is 3.77. The number of carboxylic acids is 1. The van der Waals surface area contributed by atoms with Crippen LogP contribution in [-0.4, -0.2) is 23.0 Å². The van der Waals surface area contributed by atoms with Gasteiger partial charge in [0.25, 0.3) is 5.91 Å². The van der Waals surface area contributed by atoms with Crippen LogP contribution in [0.4, 0.5) is 0 Å². The van der Waals surface area contributed by atoms with Gasteiger partial charge in [-0.2, -0.15) is 0 Å². The van der Waals surface area contributed by atoms with Crippen molar-refractivity contribution >= 4 is 50.4 Å². The molecule has 2 unspecified atom stereocenters. The minimum absolute atomic E-state index is 0.189. The second-order valence-corrected chi connectivity index (χ2v) is 6.35. The Morgan fingerprint density at radius 1 is 1.37 bits per heavy atom. The van der Waals surface area contributed by atoms with Gasteiger partial charge in [0.1, 0.15) is 0 Å². The van der Waals surface area contributed by atoms with Gasteiger partial charge in [-0.1, -0.05) is 28.1 Å². The molecule has 2 atom stereocenters. The highest BCUT2D eigenvalue weighted by atomic mass is 127. The van der Waals surface area contributed by atoms with Crippen LogP contribution >= 0.6 is 38.5 Å². The molecule has 1 aromatic rings. The largest absolute Gasteiger partial charge is 0.481 e. The van der Waals surface area contributed by atoms with Gasteiger partial charge >= 0.3 is 5.97 Å². The summed E-state index contributed by atoms with van der Waals surface area (Å²) in [5.74, 6) is -1.55. The number of carbonyl (C=O) groups is 2. The number of carboxylic acid groups (broad SMARTS) is 1. The summed E-state index contributed by atoms with van der Waals surface area (Å²) in [6, 6.07) is 5.26. The Hall–Kier alpha value is -0.890. The van der Waals surface area contributed by atoms with Crippen LogP contribution in [0, 0.1) is 9.49 Å². The van der Waals surface area contributed by atoms with E-state index in [0.29, 0.717) is 12.0 Å². The third kappa shape index (κ3) is 3.56. The predicted octanol–water partition coefficient (Wildman–Crippen LogP) is 2.81. The van der Waals surface area contributed by atoms with Gasteiger partial charge < -0.3 is 10.4 Å². The lowest BCUT2D eigenvalue weighted by Gasteiger charge is -2.13. The normalized spacial score (nSPS) is 21.4. The molecule has 2 rings (SSSR count). The fraction of sp³-hybridized carbons (Fsp3) is 0.231. The molecule has 0 saturated heterocycles. The Balaban J connectivity index is 2.05. The highest BCUT2D eigenvalue weighted by Gasteiger charge is 2.26.